The van der Waals surface area contributed by atoms with Crippen LogP contribution >= 0.6 is 11.8 Å². The standard InChI is InChI=1S/C29H30SSi/c1-22(2)31(4,27-20-12-18-25-17-11-19-26(30-3)29(25)27)28(24-15-9-6-10-16-24)21-23-13-7-5-8-14-23/h5-22H,1-4H3/b28-21+. The first-order chi connectivity index (χ1) is 15.1. The molecule has 0 aliphatic rings. The lowest BCUT2D eigenvalue weighted by molar-refractivity contribution is 1.03. The summed E-state index contributed by atoms with van der Waals surface area (Å²) in [6.45, 7) is 7.38. The molecule has 0 saturated heterocycles. The Balaban J connectivity index is 2.06. The molecule has 0 N–H and O–H groups in total. The van der Waals surface area contributed by atoms with Crippen LogP contribution in [-0.2, 0) is 0 Å². The number of rotatable bonds is 6. The molecular weight excluding hydrogens is 408 g/mol. The largest absolute Gasteiger partial charge is 0.129 e. The van der Waals surface area contributed by atoms with Gasteiger partial charge in [0, 0.05) is 4.90 Å². The third-order valence-electron chi connectivity index (χ3n) is 6.56. The number of benzene rings is 4. The predicted molar refractivity (Wildman–Crippen MR) is 143 cm³/mol. The van der Waals surface area contributed by atoms with Crippen LogP contribution in [0.2, 0.25) is 12.1 Å². The highest BCUT2D eigenvalue weighted by molar-refractivity contribution is 7.98. The van der Waals surface area contributed by atoms with E-state index in [4.69, 9.17) is 0 Å². The topological polar surface area (TPSA) is 0 Å². The van der Waals surface area contributed by atoms with Gasteiger partial charge in [0.1, 0.15) is 8.07 Å². The van der Waals surface area contributed by atoms with E-state index in [1.807, 2.05) is 11.8 Å². The fourth-order valence-corrected chi connectivity index (χ4v) is 9.29. The van der Waals surface area contributed by atoms with Crippen molar-refractivity contribution in [1.29, 1.82) is 0 Å². The molecule has 0 radical (unpaired) electrons. The van der Waals surface area contributed by atoms with Gasteiger partial charge in [-0.25, -0.2) is 0 Å². The van der Waals surface area contributed by atoms with Gasteiger partial charge >= 0.3 is 0 Å². The minimum atomic E-state index is -2.12. The van der Waals surface area contributed by atoms with Crippen molar-refractivity contribution in [2.45, 2.75) is 30.8 Å². The molecule has 0 fully saturated rings. The minimum absolute atomic E-state index is 0.545. The maximum Gasteiger partial charge on any atom is 0.119 e. The Kier molecular flexibility index (Phi) is 6.50. The second-order valence-electron chi connectivity index (χ2n) is 8.56. The molecule has 4 rings (SSSR count). The first-order valence-corrected chi connectivity index (χ1v) is 14.7. The zero-order valence-corrected chi connectivity index (χ0v) is 20.6. The quantitative estimate of drug-likeness (QED) is 0.167. The van der Waals surface area contributed by atoms with Crippen LogP contribution in [0.4, 0.5) is 0 Å². The summed E-state index contributed by atoms with van der Waals surface area (Å²) < 4.78 is 0. The summed E-state index contributed by atoms with van der Waals surface area (Å²) in [7, 11) is -2.12. The molecule has 0 aromatic heterocycles. The van der Waals surface area contributed by atoms with E-state index in [1.54, 1.807) is 0 Å². The van der Waals surface area contributed by atoms with Gasteiger partial charge in [-0.05, 0) is 50.1 Å². The van der Waals surface area contributed by atoms with Crippen molar-refractivity contribution in [2.24, 2.45) is 0 Å². The molecule has 0 nitrogen and oxygen atoms in total. The second kappa shape index (κ2) is 9.29. The van der Waals surface area contributed by atoms with Crippen LogP contribution < -0.4 is 5.19 Å². The second-order valence-corrected chi connectivity index (χ2v) is 14.0. The summed E-state index contributed by atoms with van der Waals surface area (Å²) in [6.07, 6.45) is 4.64. The Morgan fingerprint density at radius 2 is 1.39 bits per heavy atom. The fraction of sp³-hybridized carbons (Fsp3) is 0.172. The molecule has 0 aliphatic carbocycles. The smallest absolute Gasteiger partial charge is 0.119 e. The van der Waals surface area contributed by atoms with Crippen LogP contribution in [0.5, 0.6) is 0 Å². The molecule has 4 aromatic rings. The van der Waals surface area contributed by atoms with E-state index in [2.05, 4.69) is 130 Å². The first-order valence-electron chi connectivity index (χ1n) is 10.9. The summed E-state index contributed by atoms with van der Waals surface area (Å²) in [6, 6.07) is 35.4. The maximum absolute atomic E-state index is 2.56. The van der Waals surface area contributed by atoms with Gasteiger partial charge in [0.05, 0.1) is 0 Å². The molecule has 31 heavy (non-hydrogen) atoms. The van der Waals surface area contributed by atoms with E-state index in [0.717, 1.165) is 0 Å². The zero-order chi connectivity index (χ0) is 21.8. The van der Waals surface area contributed by atoms with E-state index >= 15 is 0 Å². The van der Waals surface area contributed by atoms with Crippen LogP contribution in [0.3, 0.4) is 0 Å². The van der Waals surface area contributed by atoms with E-state index < -0.39 is 8.07 Å². The number of fused-ring (bicyclic) bond motifs is 1. The molecule has 0 aliphatic heterocycles. The predicted octanol–water partition coefficient (Wildman–Crippen LogP) is 8.04. The monoisotopic (exact) mass is 438 g/mol. The number of hydrogen-bond donors (Lipinski definition) is 0. The van der Waals surface area contributed by atoms with Crippen LogP contribution in [0.15, 0.2) is 102 Å². The Bertz CT molecular complexity index is 1190. The van der Waals surface area contributed by atoms with Gasteiger partial charge in [-0.1, -0.05) is 117 Å². The molecule has 0 heterocycles. The van der Waals surface area contributed by atoms with Crippen LogP contribution in [0, 0.1) is 0 Å². The molecule has 0 saturated carbocycles. The van der Waals surface area contributed by atoms with Gasteiger partial charge in [0.2, 0.25) is 0 Å². The van der Waals surface area contributed by atoms with Crippen molar-refractivity contribution in [2.75, 3.05) is 6.26 Å². The highest BCUT2D eigenvalue weighted by atomic mass is 32.2. The number of thioether (sulfide) groups is 1. The Labute approximate surface area is 192 Å². The van der Waals surface area contributed by atoms with E-state index in [-0.39, 0.29) is 0 Å². The molecule has 156 valence electrons. The van der Waals surface area contributed by atoms with Gasteiger partial charge in [-0.15, -0.1) is 11.8 Å². The van der Waals surface area contributed by atoms with E-state index in [0.29, 0.717) is 5.54 Å². The third-order valence-corrected chi connectivity index (χ3v) is 12.7. The average Bonchev–Trinajstić information content (AvgIpc) is 2.82. The summed E-state index contributed by atoms with van der Waals surface area (Å²) in [5.74, 6) is 0. The van der Waals surface area contributed by atoms with Crippen molar-refractivity contribution in [3.8, 4) is 0 Å². The molecule has 0 amide bonds. The van der Waals surface area contributed by atoms with Crippen LogP contribution in [0.25, 0.3) is 22.0 Å². The van der Waals surface area contributed by atoms with E-state index in [1.165, 1.54) is 37.2 Å². The molecule has 4 aromatic carbocycles. The van der Waals surface area contributed by atoms with Crippen LogP contribution in [-0.4, -0.2) is 14.3 Å². The lowest BCUT2D eigenvalue weighted by atomic mass is 10.1. The SMILES string of the molecule is CSc1cccc2cccc([Si](C)(/C(=C/c3ccccc3)c3ccccc3)C(C)C)c12. The Morgan fingerprint density at radius 1 is 0.774 bits per heavy atom. The molecule has 1 atom stereocenters. The highest BCUT2D eigenvalue weighted by Crippen LogP contribution is 2.39. The van der Waals surface area contributed by atoms with Gasteiger partial charge in [-0.3, -0.25) is 0 Å². The molecule has 0 bridgehead atoms. The Morgan fingerprint density at radius 3 is 2.00 bits per heavy atom. The summed E-state index contributed by atoms with van der Waals surface area (Å²) in [5.41, 5.74) is 3.15. The molecule has 2 heteroatoms. The summed E-state index contributed by atoms with van der Waals surface area (Å²) in [5, 5.41) is 5.82. The van der Waals surface area contributed by atoms with Gasteiger partial charge in [0.25, 0.3) is 0 Å². The van der Waals surface area contributed by atoms with Crippen molar-refractivity contribution in [3.05, 3.63) is 108 Å². The normalized spacial score (nSPS) is 14.0. The molecular formula is C29H30SSi. The van der Waals surface area contributed by atoms with Gasteiger partial charge in [0.15, 0.2) is 0 Å². The van der Waals surface area contributed by atoms with Crippen molar-refractivity contribution < 1.29 is 0 Å². The van der Waals surface area contributed by atoms with Crippen molar-refractivity contribution >= 4 is 47.1 Å². The highest BCUT2D eigenvalue weighted by Gasteiger charge is 2.39. The third kappa shape index (κ3) is 4.15. The van der Waals surface area contributed by atoms with Gasteiger partial charge < -0.3 is 0 Å². The first kappa shape index (κ1) is 21.7. The summed E-state index contributed by atoms with van der Waals surface area (Å²) >= 11 is 1.85. The van der Waals surface area contributed by atoms with Crippen molar-refractivity contribution in [1.82, 2.24) is 0 Å². The summed E-state index contributed by atoms with van der Waals surface area (Å²) in [4.78, 5) is 1.37. The average molecular weight is 439 g/mol. The van der Waals surface area contributed by atoms with Crippen LogP contribution in [0.1, 0.15) is 25.0 Å². The van der Waals surface area contributed by atoms with E-state index in [9.17, 15) is 0 Å². The lowest BCUT2D eigenvalue weighted by Gasteiger charge is -2.37. The maximum atomic E-state index is 2.56. The fourth-order valence-electron chi connectivity index (χ4n) is 4.54. The molecule has 1 unspecified atom stereocenters. The lowest BCUT2D eigenvalue weighted by Crippen LogP contribution is -2.49. The molecule has 0 spiro atoms. The van der Waals surface area contributed by atoms with Gasteiger partial charge in [-0.2, -0.15) is 0 Å². The zero-order valence-electron chi connectivity index (χ0n) is 18.8. The van der Waals surface area contributed by atoms with Crippen molar-refractivity contribution in [3.63, 3.8) is 0 Å². The Hall–Kier alpha value is -2.55. The number of hydrogen-bond acceptors (Lipinski definition) is 1. The minimum Gasteiger partial charge on any atom is -0.129 e.